The molecule has 5 heteroatoms. The van der Waals surface area contributed by atoms with Gasteiger partial charge in [-0.25, -0.2) is 0 Å². The summed E-state index contributed by atoms with van der Waals surface area (Å²) in [5.74, 6) is 0.360. The van der Waals surface area contributed by atoms with Crippen molar-refractivity contribution in [3.05, 3.63) is 0 Å². The molecule has 0 aromatic carbocycles. The first-order chi connectivity index (χ1) is 10.4. The van der Waals surface area contributed by atoms with Crippen LogP contribution >= 0.6 is 0 Å². The Morgan fingerprint density at radius 3 is 2.73 bits per heavy atom. The number of hydrogen-bond donors (Lipinski definition) is 1. The van der Waals surface area contributed by atoms with Crippen LogP contribution in [0.15, 0.2) is 0 Å². The molecule has 1 rings (SSSR count). The normalized spacial score (nSPS) is 21.6. The third-order valence-corrected chi connectivity index (χ3v) is 8.54. The number of ether oxygens (including phenoxy) is 1. The molecule has 2 atom stereocenters. The molecule has 1 aliphatic heterocycles. The molecular formula is C17H36N2O2Si. The fourth-order valence-corrected chi connectivity index (χ4v) is 6.87. The zero-order valence-electron chi connectivity index (χ0n) is 15.3. The lowest BCUT2D eigenvalue weighted by Gasteiger charge is -2.45. The molecule has 1 heterocycles. The Morgan fingerprint density at radius 2 is 2.09 bits per heavy atom. The standard InChI is InChI=1S/C17H36N2O2Si/c1-6-7-8-9-13-22(4,5)17-18-11-10-12-19(17)14-15(2)16(20)21-3/h15,17-18H,6-14H2,1-5H3. The summed E-state index contributed by atoms with van der Waals surface area (Å²) in [7, 11) is 0.119. The van der Waals surface area contributed by atoms with Crippen molar-refractivity contribution in [3.63, 3.8) is 0 Å². The zero-order chi connectivity index (χ0) is 16.6. The molecule has 0 aromatic heterocycles. The van der Waals surface area contributed by atoms with Crippen LogP contribution in [0.3, 0.4) is 0 Å². The highest BCUT2D eigenvalue weighted by atomic mass is 28.3. The Bertz CT molecular complexity index is 337. The second-order valence-corrected chi connectivity index (χ2v) is 12.5. The summed E-state index contributed by atoms with van der Waals surface area (Å²) in [5, 5.41) is 3.75. The maximum Gasteiger partial charge on any atom is 0.309 e. The number of methoxy groups -OCH3 is 1. The summed E-state index contributed by atoms with van der Waals surface area (Å²) in [4.78, 5) is 14.2. The van der Waals surface area contributed by atoms with Gasteiger partial charge in [0.2, 0.25) is 0 Å². The molecule has 22 heavy (non-hydrogen) atoms. The van der Waals surface area contributed by atoms with Gasteiger partial charge in [-0.1, -0.05) is 58.7 Å². The fourth-order valence-electron chi connectivity index (χ4n) is 3.52. The van der Waals surface area contributed by atoms with Crippen LogP contribution in [0.4, 0.5) is 0 Å². The molecule has 1 fully saturated rings. The molecule has 1 N–H and O–H groups in total. The van der Waals surface area contributed by atoms with Crippen molar-refractivity contribution in [2.24, 2.45) is 5.92 Å². The van der Waals surface area contributed by atoms with E-state index in [0.717, 1.165) is 19.6 Å². The summed E-state index contributed by atoms with van der Waals surface area (Å²) in [6.45, 7) is 12.3. The van der Waals surface area contributed by atoms with Gasteiger partial charge in [-0.15, -0.1) is 0 Å². The van der Waals surface area contributed by atoms with E-state index in [1.165, 1.54) is 45.3 Å². The van der Waals surface area contributed by atoms with Gasteiger partial charge in [0.15, 0.2) is 0 Å². The predicted octanol–water partition coefficient (Wildman–Crippen LogP) is 3.24. The van der Waals surface area contributed by atoms with E-state index in [2.05, 4.69) is 30.2 Å². The largest absolute Gasteiger partial charge is 0.469 e. The topological polar surface area (TPSA) is 41.6 Å². The minimum atomic E-state index is -1.36. The van der Waals surface area contributed by atoms with E-state index in [-0.39, 0.29) is 11.9 Å². The fraction of sp³-hybridized carbons (Fsp3) is 0.941. The predicted molar refractivity (Wildman–Crippen MR) is 95.6 cm³/mol. The molecule has 0 aromatic rings. The van der Waals surface area contributed by atoms with E-state index >= 15 is 0 Å². The van der Waals surface area contributed by atoms with Gasteiger partial charge < -0.3 is 10.1 Å². The van der Waals surface area contributed by atoms with Crippen LogP contribution in [0.2, 0.25) is 19.1 Å². The summed E-state index contributed by atoms with van der Waals surface area (Å²) < 4.78 is 4.89. The summed E-state index contributed by atoms with van der Waals surface area (Å²) in [6, 6.07) is 1.37. The number of carbonyl (C=O) groups is 1. The molecule has 0 radical (unpaired) electrons. The minimum absolute atomic E-state index is 0.0442. The zero-order valence-corrected chi connectivity index (χ0v) is 16.3. The van der Waals surface area contributed by atoms with Crippen molar-refractivity contribution in [3.8, 4) is 0 Å². The number of unbranched alkanes of at least 4 members (excludes halogenated alkanes) is 3. The minimum Gasteiger partial charge on any atom is -0.469 e. The van der Waals surface area contributed by atoms with Gasteiger partial charge in [-0.05, 0) is 13.0 Å². The molecular weight excluding hydrogens is 292 g/mol. The molecule has 1 saturated heterocycles. The highest BCUT2D eigenvalue weighted by molar-refractivity contribution is 6.78. The van der Waals surface area contributed by atoms with E-state index in [4.69, 9.17) is 4.74 Å². The van der Waals surface area contributed by atoms with Gasteiger partial charge in [-0.2, -0.15) is 0 Å². The van der Waals surface area contributed by atoms with E-state index in [9.17, 15) is 4.79 Å². The quantitative estimate of drug-likeness (QED) is 0.401. The van der Waals surface area contributed by atoms with Gasteiger partial charge in [0.1, 0.15) is 0 Å². The van der Waals surface area contributed by atoms with Gasteiger partial charge >= 0.3 is 5.97 Å². The summed E-state index contributed by atoms with van der Waals surface area (Å²) in [6.07, 6.45) is 6.53. The number of hydrogen-bond acceptors (Lipinski definition) is 4. The molecule has 0 spiro atoms. The summed E-state index contributed by atoms with van der Waals surface area (Å²) >= 11 is 0. The molecule has 0 aliphatic carbocycles. The Kier molecular flexibility index (Phi) is 8.65. The van der Waals surface area contributed by atoms with E-state index in [1.807, 2.05) is 6.92 Å². The molecule has 4 nitrogen and oxygen atoms in total. The van der Waals surface area contributed by atoms with Crippen LogP contribution in [0.25, 0.3) is 0 Å². The number of nitrogens with zero attached hydrogens (tertiary/aromatic N) is 1. The third kappa shape index (κ3) is 6.01. The molecule has 0 saturated carbocycles. The van der Waals surface area contributed by atoms with Crippen LogP contribution in [-0.2, 0) is 9.53 Å². The highest BCUT2D eigenvalue weighted by Gasteiger charge is 2.37. The van der Waals surface area contributed by atoms with Crippen LogP contribution in [0, 0.1) is 5.92 Å². The number of nitrogens with one attached hydrogen (secondary N) is 1. The number of carbonyl (C=O) groups excluding carboxylic acids is 1. The lowest BCUT2D eigenvalue weighted by atomic mass is 10.1. The SMILES string of the molecule is CCCCCC[Si](C)(C)C1NCCCN1CC(C)C(=O)OC. The van der Waals surface area contributed by atoms with E-state index < -0.39 is 8.07 Å². The highest BCUT2D eigenvalue weighted by Crippen LogP contribution is 2.24. The summed E-state index contributed by atoms with van der Waals surface area (Å²) in [5.41, 5.74) is 0. The van der Waals surface area contributed by atoms with Crippen molar-refractivity contribution in [1.82, 2.24) is 10.2 Å². The maximum absolute atomic E-state index is 11.7. The number of esters is 1. The molecule has 1 aliphatic rings. The second-order valence-electron chi connectivity index (χ2n) is 7.43. The lowest BCUT2D eigenvalue weighted by molar-refractivity contribution is -0.145. The van der Waals surface area contributed by atoms with Gasteiger partial charge in [-0.3, -0.25) is 9.69 Å². The van der Waals surface area contributed by atoms with Gasteiger partial charge in [0.05, 0.1) is 21.1 Å². The average Bonchev–Trinajstić information content (AvgIpc) is 2.51. The van der Waals surface area contributed by atoms with Gasteiger partial charge in [0, 0.05) is 18.9 Å². The van der Waals surface area contributed by atoms with Crippen LogP contribution < -0.4 is 5.32 Å². The smallest absolute Gasteiger partial charge is 0.309 e. The van der Waals surface area contributed by atoms with Crippen LogP contribution in [-0.4, -0.2) is 51.5 Å². The van der Waals surface area contributed by atoms with E-state index in [1.54, 1.807) is 0 Å². The van der Waals surface area contributed by atoms with Crippen molar-refractivity contribution in [2.45, 2.75) is 70.9 Å². The lowest BCUT2D eigenvalue weighted by Crippen LogP contribution is -2.64. The molecule has 2 unspecified atom stereocenters. The first-order valence-corrected chi connectivity index (χ1v) is 12.3. The first kappa shape index (κ1) is 19.7. The molecule has 130 valence electrons. The van der Waals surface area contributed by atoms with E-state index in [0.29, 0.717) is 5.79 Å². The number of rotatable bonds is 9. The van der Waals surface area contributed by atoms with Crippen molar-refractivity contribution in [2.75, 3.05) is 26.7 Å². The molecule has 0 amide bonds. The third-order valence-electron chi connectivity index (χ3n) is 4.85. The van der Waals surface area contributed by atoms with Crippen LogP contribution in [0.5, 0.6) is 0 Å². The first-order valence-electron chi connectivity index (χ1n) is 8.97. The second kappa shape index (κ2) is 9.68. The van der Waals surface area contributed by atoms with Crippen LogP contribution in [0.1, 0.15) is 46.0 Å². The average molecular weight is 329 g/mol. The Hall–Kier alpha value is -0.393. The maximum atomic E-state index is 11.7. The Morgan fingerprint density at radius 1 is 1.36 bits per heavy atom. The molecule has 0 bridgehead atoms. The van der Waals surface area contributed by atoms with Gasteiger partial charge in [0.25, 0.3) is 0 Å². The Labute approximate surface area is 138 Å². The van der Waals surface area contributed by atoms with Crippen molar-refractivity contribution >= 4 is 14.0 Å². The van der Waals surface area contributed by atoms with Crippen molar-refractivity contribution in [1.29, 1.82) is 0 Å². The monoisotopic (exact) mass is 328 g/mol. The van der Waals surface area contributed by atoms with Crippen molar-refractivity contribution < 1.29 is 9.53 Å². The Balaban J connectivity index is 2.60.